The molecule has 4 nitrogen and oxygen atoms in total. The topological polar surface area (TPSA) is 36.9 Å². The number of guanidine groups is 1. The second-order valence-electron chi connectivity index (χ2n) is 5.26. The van der Waals surface area contributed by atoms with Gasteiger partial charge in [0, 0.05) is 38.2 Å². The standard InChI is InChI=1S/C16H29N3OS.HI/c1-5-17-16(18-10-7-12-20-14(2)3)19(4)11-9-15-8-6-13-21-15;/h6,8,13-14H,5,7,9-12H2,1-4H3,(H,17,18);1H. The van der Waals surface area contributed by atoms with Gasteiger partial charge in [-0.3, -0.25) is 4.99 Å². The maximum Gasteiger partial charge on any atom is 0.193 e. The van der Waals surface area contributed by atoms with Crippen molar-refractivity contribution >= 4 is 41.3 Å². The van der Waals surface area contributed by atoms with Crippen LogP contribution in [0.4, 0.5) is 0 Å². The average Bonchev–Trinajstić information content (AvgIpc) is 2.96. The Hall–Kier alpha value is -0.340. The normalized spacial score (nSPS) is 11.4. The number of aliphatic imine (C=N–C) groups is 1. The van der Waals surface area contributed by atoms with Crippen molar-refractivity contribution in [2.45, 2.75) is 39.7 Å². The lowest BCUT2D eigenvalue weighted by atomic mass is 10.3. The first-order valence-corrected chi connectivity index (χ1v) is 8.64. The van der Waals surface area contributed by atoms with Crippen molar-refractivity contribution in [2.75, 3.05) is 33.3 Å². The molecule has 0 fully saturated rings. The Labute approximate surface area is 156 Å². The molecule has 0 bridgehead atoms. The van der Waals surface area contributed by atoms with E-state index in [0.29, 0.717) is 6.10 Å². The summed E-state index contributed by atoms with van der Waals surface area (Å²) < 4.78 is 5.54. The zero-order valence-electron chi connectivity index (χ0n) is 14.2. The van der Waals surface area contributed by atoms with Crippen LogP contribution in [-0.2, 0) is 11.2 Å². The Bertz CT molecular complexity index is 396. The zero-order chi connectivity index (χ0) is 15.5. The Kier molecular flexibility index (Phi) is 12.9. The minimum absolute atomic E-state index is 0. The minimum Gasteiger partial charge on any atom is -0.379 e. The van der Waals surface area contributed by atoms with Crippen LogP contribution in [0.15, 0.2) is 22.5 Å². The highest BCUT2D eigenvalue weighted by Gasteiger charge is 2.05. The van der Waals surface area contributed by atoms with E-state index >= 15 is 0 Å². The summed E-state index contributed by atoms with van der Waals surface area (Å²) in [6.07, 6.45) is 2.33. The van der Waals surface area contributed by atoms with Crippen LogP contribution in [0.25, 0.3) is 0 Å². The molecule has 1 aromatic heterocycles. The van der Waals surface area contributed by atoms with Crippen LogP contribution in [0.5, 0.6) is 0 Å². The fourth-order valence-electron chi connectivity index (χ4n) is 1.88. The van der Waals surface area contributed by atoms with Crippen molar-refractivity contribution in [3.63, 3.8) is 0 Å². The molecule has 0 unspecified atom stereocenters. The number of rotatable bonds is 9. The molecule has 22 heavy (non-hydrogen) atoms. The molecule has 0 aliphatic rings. The first-order chi connectivity index (χ1) is 10.1. The van der Waals surface area contributed by atoms with Crippen LogP contribution in [-0.4, -0.2) is 50.3 Å². The highest BCUT2D eigenvalue weighted by Crippen LogP contribution is 2.09. The summed E-state index contributed by atoms with van der Waals surface area (Å²) in [7, 11) is 2.10. The maximum absolute atomic E-state index is 5.54. The molecule has 0 atom stereocenters. The van der Waals surface area contributed by atoms with E-state index in [1.165, 1.54) is 4.88 Å². The van der Waals surface area contributed by atoms with Crippen LogP contribution in [0, 0.1) is 0 Å². The third kappa shape index (κ3) is 9.63. The van der Waals surface area contributed by atoms with E-state index in [2.05, 4.69) is 60.5 Å². The van der Waals surface area contributed by atoms with Gasteiger partial charge in [-0.1, -0.05) is 6.07 Å². The lowest BCUT2D eigenvalue weighted by Gasteiger charge is -2.21. The van der Waals surface area contributed by atoms with Gasteiger partial charge in [-0.05, 0) is 45.1 Å². The molecule has 1 N–H and O–H groups in total. The van der Waals surface area contributed by atoms with Crippen LogP contribution in [0.1, 0.15) is 32.1 Å². The number of halogens is 1. The van der Waals surface area contributed by atoms with E-state index in [4.69, 9.17) is 4.74 Å². The Morgan fingerprint density at radius 2 is 2.23 bits per heavy atom. The maximum atomic E-state index is 5.54. The van der Waals surface area contributed by atoms with E-state index in [0.717, 1.165) is 45.0 Å². The number of hydrogen-bond donors (Lipinski definition) is 1. The number of likely N-dealkylation sites (N-methyl/N-ethyl adjacent to an activating group) is 1. The first kappa shape index (κ1) is 21.7. The van der Waals surface area contributed by atoms with E-state index in [-0.39, 0.29) is 24.0 Å². The number of nitrogens with zero attached hydrogens (tertiary/aromatic N) is 2. The van der Waals surface area contributed by atoms with Crippen molar-refractivity contribution in [1.29, 1.82) is 0 Å². The molecule has 6 heteroatoms. The predicted molar refractivity (Wildman–Crippen MR) is 108 cm³/mol. The predicted octanol–water partition coefficient (Wildman–Crippen LogP) is 3.62. The fraction of sp³-hybridized carbons (Fsp3) is 0.688. The highest BCUT2D eigenvalue weighted by atomic mass is 127. The summed E-state index contributed by atoms with van der Waals surface area (Å²) >= 11 is 1.81. The molecule has 0 saturated carbocycles. The van der Waals surface area contributed by atoms with Crippen molar-refractivity contribution < 1.29 is 4.74 Å². The number of nitrogens with one attached hydrogen (secondary N) is 1. The van der Waals surface area contributed by atoms with Gasteiger partial charge in [0.25, 0.3) is 0 Å². The molecule has 0 aromatic carbocycles. The zero-order valence-corrected chi connectivity index (χ0v) is 17.3. The molecule has 0 radical (unpaired) electrons. The van der Waals surface area contributed by atoms with Gasteiger partial charge >= 0.3 is 0 Å². The molecule has 0 aliphatic carbocycles. The summed E-state index contributed by atoms with van der Waals surface area (Å²) in [5.41, 5.74) is 0. The quantitative estimate of drug-likeness (QED) is 0.276. The third-order valence-electron chi connectivity index (χ3n) is 2.99. The van der Waals surface area contributed by atoms with Gasteiger partial charge in [0.1, 0.15) is 0 Å². The van der Waals surface area contributed by atoms with Crippen molar-refractivity contribution in [2.24, 2.45) is 4.99 Å². The summed E-state index contributed by atoms with van der Waals surface area (Å²) in [6, 6.07) is 4.29. The third-order valence-corrected chi connectivity index (χ3v) is 3.92. The van der Waals surface area contributed by atoms with E-state index < -0.39 is 0 Å². The van der Waals surface area contributed by atoms with Gasteiger partial charge < -0.3 is 15.0 Å². The van der Waals surface area contributed by atoms with Crippen LogP contribution < -0.4 is 5.32 Å². The Morgan fingerprint density at radius 3 is 2.82 bits per heavy atom. The van der Waals surface area contributed by atoms with Gasteiger partial charge in [0.15, 0.2) is 5.96 Å². The van der Waals surface area contributed by atoms with Crippen LogP contribution in [0.2, 0.25) is 0 Å². The molecular formula is C16H30IN3OS. The van der Waals surface area contributed by atoms with E-state index in [1.807, 2.05) is 11.3 Å². The largest absolute Gasteiger partial charge is 0.379 e. The second kappa shape index (κ2) is 13.1. The average molecular weight is 439 g/mol. The van der Waals surface area contributed by atoms with E-state index in [9.17, 15) is 0 Å². The molecule has 1 rings (SSSR count). The summed E-state index contributed by atoms with van der Waals surface area (Å²) in [5, 5.41) is 5.48. The molecule has 1 aromatic rings. The van der Waals surface area contributed by atoms with Crippen molar-refractivity contribution in [3.8, 4) is 0 Å². The van der Waals surface area contributed by atoms with Crippen LogP contribution in [0.3, 0.4) is 0 Å². The fourth-order valence-corrected chi connectivity index (χ4v) is 2.58. The summed E-state index contributed by atoms with van der Waals surface area (Å²) in [5.74, 6) is 0.985. The minimum atomic E-state index is 0. The summed E-state index contributed by atoms with van der Waals surface area (Å²) in [6.45, 7) is 9.68. The molecular weight excluding hydrogens is 409 g/mol. The molecule has 1 heterocycles. The first-order valence-electron chi connectivity index (χ1n) is 7.77. The Morgan fingerprint density at radius 1 is 1.45 bits per heavy atom. The molecule has 0 amide bonds. The SMILES string of the molecule is CCNC(=NCCCOC(C)C)N(C)CCc1cccs1.I. The Balaban J connectivity index is 0.00000441. The summed E-state index contributed by atoms with van der Waals surface area (Å²) in [4.78, 5) is 8.29. The number of thiophene rings is 1. The van der Waals surface area contributed by atoms with Gasteiger partial charge in [0.05, 0.1) is 6.10 Å². The number of ether oxygens (including phenoxy) is 1. The monoisotopic (exact) mass is 439 g/mol. The van der Waals surface area contributed by atoms with Crippen molar-refractivity contribution in [1.82, 2.24) is 10.2 Å². The second-order valence-corrected chi connectivity index (χ2v) is 6.29. The van der Waals surface area contributed by atoms with Gasteiger partial charge in [0.2, 0.25) is 0 Å². The van der Waals surface area contributed by atoms with E-state index in [1.54, 1.807) is 0 Å². The van der Waals surface area contributed by atoms with Gasteiger partial charge in [-0.15, -0.1) is 35.3 Å². The lowest BCUT2D eigenvalue weighted by Crippen LogP contribution is -2.40. The van der Waals surface area contributed by atoms with Crippen molar-refractivity contribution in [3.05, 3.63) is 22.4 Å². The molecule has 0 spiro atoms. The molecule has 0 saturated heterocycles. The molecule has 128 valence electrons. The van der Waals surface area contributed by atoms with Gasteiger partial charge in [-0.2, -0.15) is 0 Å². The number of hydrogen-bond acceptors (Lipinski definition) is 3. The van der Waals surface area contributed by atoms with Crippen LogP contribution >= 0.6 is 35.3 Å². The smallest absolute Gasteiger partial charge is 0.193 e. The highest BCUT2D eigenvalue weighted by molar-refractivity contribution is 14.0. The van der Waals surface area contributed by atoms with Gasteiger partial charge in [-0.25, -0.2) is 0 Å². The molecule has 0 aliphatic heterocycles. The lowest BCUT2D eigenvalue weighted by molar-refractivity contribution is 0.0782.